The summed E-state index contributed by atoms with van der Waals surface area (Å²) in [5, 5.41) is 12.2. The Kier molecular flexibility index (Phi) is 5.72. The fourth-order valence-electron chi connectivity index (χ4n) is 1.36. The molecule has 0 aromatic heterocycles. The van der Waals surface area contributed by atoms with Crippen LogP contribution in [0.1, 0.15) is 29.6 Å². The second-order valence-electron chi connectivity index (χ2n) is 3.52. The van der Waals surface area contributed by atoms with E-state index in [-0.39, 0.29) is 11.7 Å². The van der Waals surface area contributed by atoms with Crippen molar-refractivity contribution in [2.45, 2.75) is 19.3 Å². The number of alkyl halides is 1. The summed E-state index contributed by atoms with van der Waals surface area (Å²) in [6.45, 7) is 0.615. The van der Waals surface area contributed by atoms with Gasteiger partial charge in [0.2, 0.25) is 0 Å². The molecule has 0 fully saturated rings. The number of amides is 1. The molecular weight excluding hydrogens is 226 g/mol. The first kappa shape index (κ1) is 12.8. The van der Waals surface area contributed by atoms with E-state index in [1.807, 2.05) is 0 Å². The summed E-state index contributed by atoms with van der Waals surface area (Å²) in [6.07, 6.45) is 2.88. The highest BCUT2D eigenvalue weighted by Crippen LogP contribution is 2.14. The standard InChI is InChI=1S/C12H16ClNO2/c13-8-4-1-5-9-14-12(16)10-6-2-3-7-11(10)15/h2-3,6-7,15H,1,4-5,8-9H2,(H,14,16). The molecule has 4 heteroatoms. The number of para-hydroxylation sites is 1. The molecular formula is C12H16ClNO2. The topological polar surface area (TPSA) is 49.3 Å². The number of benzene rings is 1. The number of unbranched alkanes of at least 4 members (excludes halogenated alkanes) is 2. The first-order valence-corrected chi connectivity index (χ1v) is 5.91. The Labute approximate surface area is 100 Å². The smallest absolute Gasteiger partial charge is 0.255 e. The highest BCUT2D eigenvalue weighted by Gasteiger charge is 2.08. The van der Waals surface area contributed by atoms with Crippen LogP contribution in [-0.4, -0.2) is 23.4 Å². The minimum Gasteiger partial charge on any atom is -0.507 e. The molecule has 0 heterocycles. The number of halogens is 1. The SMILES string of the molecule is O=C(NCCCCCCl)c1ccccc1O. The van der Waals surface area contributed by atoms with E-state index < -0.39 is 0 Å². The van der Waals surface area contributed by atoms with Gasteiger partial charge in [-0.1, -0.05) is 18.6 Å². The minimum absolute atomic E-state index is 0.0146. The van der Waals surface area contributed by atoms with Gasteiger partial charge in [0, 0.05) is 12.4 Å². The third-order valence-electron chi connectivity index (χ3n) is 2.24. The van der Waals surface area contributed by atoms with Gasteiger partial charge in [-0.15, -0.1) is 11.6 Å². The second-order valence-corrected chi connectivity index (χ2v) is 3.90. The Balaban J connectivity index is 2.33. The first-order valence-electron chi connectivity index (χ1n) is 5.38. The van der Waals surface area contributed by atoms with Crippen molar-refractivity contribution in [3.8, 4) is 5.75 Å². The lowest BCUT2D eigenvalue weighted by Crippen LogP contribution is -2.24. The van der Waals surface area contributed by atoms with Gasteiger partial charge < -0.3 is 10.4 Å². The normalized spacial score (nSPS) is 10.1. The molecule has 0 atom stereocenters. The van der Waals surface area contributed by atoms with Crippen molar-refractivity contribution in [2.75, 3.05) is 12.4 Å². The molecule has 0 spiro atoms. The van der Waals surface area contributed by atoms with Gasteiger partial charge in [-0.2, -0.15) is 0 Å². The molecule has 0 radical (unpaired) electrons. The molecule has 0 aliphatic rings. The van der Waals surface area contributed by atoms with Gasteiger partial charge in [-0.05, 0) is 25.0 Å². The highest BCUT2D eigenvalue weighted by molar-refractivity contribution is 6.17. The van der Waals surface area contributed by atoms with E-state index in [1.165, 1.54) is 6.07 Å². The van der Waals surface area contributed by atoms with Gasteiger partial charge in [-0.3, -0.25) is 4.79 Å². The van der Waals surface area contributed by atoms with Crippen molar-refractivity contribution < 1.29 is 9.90 Å². The van der Waals surface area contributed by atoms with Gasteiger partial charge in [-0.25, -0.2) is 0 Å². The minimum atomic E-state index is -0.232. The van der Waals surface area contributed by atoms with Crippen LogP contribution in [0, 0.1) is 0 Å². The molecule has 88 valence electrons. The van der Waals surface area contributed by atoms with Crippen molar-refractivity contribution in [1.82, 2.24) is 5.32 Å². The van der Waals surface area contributed by atoms with E-state index in [0.29, 0.717) is 18.0 Å². The fraction of sp³-hybridized carbons (Fsp3) is 0.417. The Morgan fingerprint density at radius 2 is 2.00 bits per heavy atom. The quantitative estimate of drug-likeness (QED) is 0.594. The lowest BCUT2D eigenvalue weighted by atomic mass is 10.2. The van der Waals surface area contributed by atoms with Crippen LogP contribution in [0.5, 0.6) is 5.75 Å². The lowest BCUT2D eigenvalue weighted by Gasteiger charge is -2.06. The van der Waals surface area contributed by atoms with E-state index in [0.717, 1.165) is 19.3 Å². The van der Waals surface area contributed by atoms with E-state index in [4.69, 9.17) is 11.6 Å². The summed E-state index contributed by atoms with van der Waals surface area (Å²) in [5.41, 5.74) is 0.319. The highest BCUT2D eigenvalue weighted by atomic mass is 35.5. The van der Waals surface area contributed by atoms with Crippen molar-refractivity contribution in [1.29, 1.82) is 0 Å². The molecule has 1 aromatic carbocycles. The zero-order valence-corrected chi connectivity index (χ0v) is 9.83. The van der Waals surface area contributed by atoms with Gasteiger partial charge in [0.25, 0.3) is 5.91 Å². The van der Waals surface area contributed by atoms with Crippen molar-refractivity contribution in [3.63, 3.8) is 0 Å². The molecule has 2 N–H and O–H groups in total. The number of carbonyl (C=O) groups is 1. The zero-order chi connectivity index (χ0) is 11.8. The molecule has 16 heavy (non-hydrogen) atoms. The number of phenols is 1. The average Bonchev–Trinajstić information content (AvgIpc) is 2.29. The van der Waals surface area contributed by atoms with E-state index in [9.17, 15) is 9.90 Å². The largest absolute Gasteiger partial charge is 0.507 e. The molecule has 0 aliphatic heterocycles. The predicted molar refractivity (Wildman–Crippen MR) is 65.0 cm³/mol. The second kappa shape index (κ2) is 7.12. The monoisotopic (exact) mass is 241 g/mol. The number of phenolic OH excluding ortho intramolecular Hbond substituents is 1. The summed E-state index contributed by atoms with van der Waals surface area (Å²) in [6, 6.07) is 6.51. The number of hydrogen-bond acceptors (Lipinski definition) is 2. The molecule has 0 saturated heterocycles. The zero-order valence-electron chi connectivity index (χ0n) is 9.08. The Morgan fingerprint density at radius 3 is 2.69 bits per heavy atom. The first-order chi connectivity index (χ1) is 7.75. The van der Waals surface area contributed by atoms with Gasteiger partial charge in [0.1, 0.15) is 5.75 Å². The number of rotatable bonds is 6. The van der Waals surface area contributed by atoms with E-state index in [1.54, 1.807) is 18.2 Å². The average molecular weight is 242 g/mol. The van der Waals surface area contributed by atoms with Crippen LogP contribution < -0.4 is 5.32 Å². The molecule has 0 aliphatic carbocycles. The van der Waals surface area contributed by atoms with Crippen LogP contribution >= 0.6 is 11.6 Å². The van der Waals surface area contributed by atoms with Crippen LogP contribution in [0.3, 0.4) is 0 Å². The summed E-state index contributed by atoms with van der Waals surface area (Å²) >= 11 is 5.54. The maximum absolute atomic E-state index is 11.6. The maximum Gasteiger partial charge on any atom is 0.255 e. The Hall–Kier alpha value is -1.22. The third-order valence-corrected chi connectivity index (χ3v) is 2.51. The van der Waals surface area contributed by atoms with Crippen molar-refractivity contribution in [2.24, 2.45) is 0 Å². The molecule has 1 amide bonds. The van der Waals surface area contributed by atoms with E-state index in [2.05, 4.69) is 5.32 Å². The maximum atomic E-state index is 11.6. The van der Waals surface area contributed by atoms with E-state index >= 15 is 0 Å². The third kappa shape index (κ3) is 4.11. The van der Waals surface area contributed by atoms with Gasteiger partial charge in [0.05, 0.1) is 5.56 Å². The lowest BCUT2D eigenvalue weighted by molar-refractivity contribution is 0.0950. The molecule has 1 rings (SSSR count). The number of aromatic hydroxyl groups is 1. The van der Waals surface area contributed by atoms with Crippen LogP contribution in [0.2, 0.25) is 0 Å². The van der Waals surface area contributed by atoms with Crippen molar-refractivity contribution in [3.05, 3.63) is 29.8 Å². The van der Waals surface area contributed by atoms with Crippen LogP contribution in [-0.2, 0) is 0 Å². The fourth-order valence-corrected chi connectivity index (χ4v) is 1.55. The van der Waals surface area contributed by atoms with Crippen LogP contribution in [0.15, 0.2) is 24.3 Å². The van der Waals surface area contributed by atoms with Gasteiger partial charge >= 0.3 is 0 Å². The molecule has 1 aromatic rings. The van der Waals surface area contributed by atoms with Crippen LogP contribution in [0.4, 0.5) is 0 Å². The molecule has 0 unspecified atom stereocenters. The molecule has 3 nitrogen and oxygen atoms in total. The Bertz CT molecular complexity index is 342. The van der Waals surface area contributed by atoms with Crippen molar-refractivity contribution >= 4 is 17.5 Å². The summed E-state index contributed by atoms with van der Waals surface area (Å²) in [5.74, 6) is 0.442. The number of hydrogen-bond donors (Lipinski definition) is 2. The number of carbonyl (C=O) groups excluding carboxylic acids is 1. The van der Waals surface area contributed by atoms with Crippen LogP contribution in [0.25, 0.3) is 0 Å². The molecule has 0 bridgehead atoms. The summed E-state index contributed by atoms with van der Waals surface area (Å²) in [4.78, 5) is 11.6. The number of nitrogens with one attached hydrogen (secondary N) is 1. The molecule has 0 saturated carbocycles. The summed E-state index contributed by atoms with van der Waals surface area (Å²) in [7, 11) is 0. The van der Waals surface area contributed by atoms with Gasteiger partial charge in [0.15, 0.2) is 0 Å². The summed E-state index contributed by atoms with van der Waals surface area (Å²) < 4.78 is 0. The Morgan fingerprint density at radius 1 is 1.25 bits per heavy atom. The predicted octanol–water partition coefficient (Wildman–Crippen LogP) is 2.53.